The van der Waals surface area contributed by atoms with Crippen molar-refractivity contribution in [1.29, 1.82) is 0 Å². The van der Waals surface area contributed by atoms with Gasteiger partial charge in [0.2, 0.25) is 0 Å². The van der Waals surface area contributed by atoms with Crippen LogP contribution in [0.2, 0.25) is 0 Å². The van der Waals surface area contributed by atoms with E-state index in [1.54, 1.807) is 30.3 Å². The maximum atomic E-state index is 10.5. The van der Waals surface area contributed by atoms with Crippen molar-refractivity contribution in [2.45, 2.75) is 0 Å². The number of rotatable bonds is 5. The van der Waals surface area contributed by atoms with Gasteiger partial charge in [-0.1, -0.05) is 6.07 Å². The molecule has 0 saturated heterocycles. The van der Waals surface area contributed by atoms with Crippen molar-refractivity contribution in [1.82, 2.24) is 0 Å². The lowest BCUT2D eigenvalue weighted by atomic mass is 10.2. The number of hydrogen-bond acceptors (Lipinski definition) is 7. The highest BCUT2D eigenvalue weighted by molar-refractivity contribution is 7.74. The molecule has 0 saturated carbocycles. The quantitative estimate of drug-likeness (QED) is 0.519. The second-order valence-corrected chi connectivity index (χ2v) is 4.49. The Bertz CT molecular complexity index is 691. The molecule has 7 nitrogen and oxygen atoms in total. The molecule has 0 amide bonds. The van der Waals surface area contributed by atoms with E-state index in [9.17, 15) is 8.76 Å². The molecule has 0 radical (unpaired) electrons. The van der Waals surface area contributed by atoms with Crippen LogP contribution in [-0.2, 0) is 11.4 Å². The molecule has 8 heteroatoms. The highest BCUT2D eigenvalue weighted by Gasteiger charge is 2.00. The summed E-state index contributed by atoms with van der Waals surface area (Å²) in [5.41, 5.74) is 7.21. The van der Waals surface area contributed by atoms with Crippen LogP contribution in [0.5, 0.6) is 11.5 Å². The van der Waals surface area contributed by atoms with Gasteiger partial charge in [0.05, 0.1) is 24.2 Å². The number of anilines is 1. The van der Waals surface area contributed by atoms with Crippen molar-refractivity contribution in [3.63, 3.8) is 0 Å². The third kappa shape index (κ3) is 4.26. The van der Waals surface area contributed by atoms with Gasteiger partial charge in [-0.05, 0) is 24.3 Å². The Labute approximate surface area is 123 Å². The van der Waals surface area contributed by atoms with Crippen LogP contribution >= 0.6 is 0 Å². The summed E-state index contributed by atoms with van der Waals surface area (Å²) in [6.45, 7) is 0. The first-order valence-electron chi connectivity index (χ1n) is 5.81. The minimum Gasteiger partial charge on any atom is -0.740 e. The number of nitrogens with two attached hydrogens (primary N) is 1. The predicted molar refractivity (Wildman–Crippen MR) is 77.6 cm³/mol. The van der Waals surface area contributed by atoms with Crippen LogP contribution in [0.3, 0.4) is 0 Å². The van der Waals surface area contributed by atoms with Crippen molar-refractivity contribution < 1.29 is 17.7 Å². The highest BCUT2D eigenvalue weighted by atomic mass is 32.2. The monoisotopic (exact) mass is 306 g/mol. The molecule has 2 aromatic carbocycles. The first-order valence-corrected chi connectivity index (χ1v) is 6.81. The molecule has 0 bridgehead atoms. The molecule has 0 aromatic heterocycles. The maximum Gasteiger partial charge on any atom is 0.143 e. The second-order valence-electron chi connectivity index (χ2n) is 3.91. The van der Waals surface area contributed by atoms with Crippen molar-refractivity contribution in [2.75, 3.05) is 12.8 Å². The van der Waals surface area contributed by atoms with Gasteiger partial charge >= 0.3 is 0 Å². The van der Waals surface area contributed by atoms with E-state index in [1.807, 2.05) is 0 Å². The van der Waals surface area contributed by atoms with Gasteiger partial charge in [-0.2, -0.15) is 10.2 Å². The van der Waals surface area contributed by atoms with E-state index in [1.165, 1.54) is 19.2 Å². The minimum atomic E-state index is -2.62. The van der Waals surface area contributed by atoms with Crippen LogP contribution in [0.15, 0.2) is 52.7 Å². The van der Waals surface area contributed by atoms with Gasteiger partial charge in [-0.3, -0.25) is 0 Å². The molecular weight excluding hydrogens is 294 g/mol. The van der Waals surface area contributed by atoms with E-state index in [0.29, 0.717) is 22.8 Å². The van der Waals surface area contributed by atoms with Crippen LogP contribution in [0.25, 0.3) is 0 Å². The van der Waals surface area contributed by atoms with Gasteiger partial charge < -0.3 is 19.2 Å². The lowest BCUT2D eigenvalue weighted by Crippen LogP contribution is -1.97. The first-order chi connectivity index (χ1) is 10.1. The number of nitrogens with zero attached hydrogens (tertiary/aromatic N) is 2. The Morgan fingerprint density at radius 3 is 2.52 bits per heavy atom. The van der Waals surface area contributed by atoms with E-state index >= 15 is 0 Å². The van der Waals surface area contributed by atoms with Crippen LogP contribution in [0.1, 0.15) is 0 Å². The Balaban J connectivity index is 2.19. The molecule has 0 heterocycles. The van der Waals surface area contributed by atoms with E-state index in [0.717, 1.165) is 0 Å². The minimum absolute atomic E-state index is 0.162. The van der Waals surface area contributed by atoms with Crippen molar-refractivity contribution >= 4 is 28.4 Å². The molecule has 0 aliphatic carbocycles. The molecular formula is C13H12N3O4S-. The lowest BCUT2D eigenvalue weighted by Gasteiger charge is -2.06. The van der Waals surface area contributed by atoms with Crippen LogP contribution in [0.4, 0.5) is 17.1 Å². The summed E-state index contributed by atoms with van der Waals surface area (Å²) >= 11 is -2.62. The standard InChI is InChI=1S/C13H13N3O4S/c1-19-13-8-10(5-6-12(13)14)16-15-9-3-2-4-11(7-9)20-21(17)18/h2-8H,14H2,1H3,(H,17,18)/p-1. The summed E-state index contributed by atoms with van der Waals surface area (Å²) in [5, 5.41) is 8.02. The van der Waals surface area contributed by atoms with E-state index in [4.69, 9.17) is 10.5 Å². The Morgan fingerprint density at radius 1 is 1.14 bits per heavy atom. The molecule has 2 N–H and O–H groups in total. The molecule has 0 aliphatic rings. The fourth-order valence-electron chi connectivity index (χ4n) is 1.55. The average molecular weight is 306 g/mol. The maximum absolute atomic E-state index is 10.5. The lowest BCUT2D eigenvalue weighted by molar-refractivity contribution is 0.417. The number of hydrogen-bond donors (Lipinski definition) is 1. The van der Waals surface area contributed by atoms with E-state index in [-0.39, 0.29) is 5.75 Å². The third-order valence-electron chi connectivity index (χ3n) is 2.48. The second kappa shape index (κ2) is 6.82. The van der Waals surface area contributed by atoms with Gasteiger partial charge in [0.1, 0.15) is 22.9 Å². The smallest absolute Gasteiger partial charge is 0.143 e. The fourth-order valence-corrected chi connectivity index (χ4v) is 1.81. The molecule has 0 fully saturated rings. The van der Waals surface area contributed by atoms with Crippen LogP contribution in [-0.4, -0.2) is 15.9 Å². The summed E-state index contributed by atoms with van der Waals surface area (Å²) in [7, 11) is 1.51. The molecule has 0 spiro atoms. The SMILES string of the molecule is COc1cc(N=Nc2cccc(OS(=O)[O-])c2)ccc1N. The summed E-state index contributed by atoms with van der Waals surface area (Å²) in [6, 6.07) is 11.2. The zero-order chi connectivity index (χ0) is 15.2. The topological polar surface area (TPSA) is 109 Å². The van der Waals surface area contributed by atoms with Crippen LogP contribution < -0.4 is 14.7 Å². The number of methoxy groups -OCH3 is 1. The van der Waals surface area contributed by atoms with Gasteiger partial charge in [0, 0.05) is 12.1 Å². The molecule has 1 atom stereocenters. The molecule has 1 unspecified atom stereocenters. The van der Waals surface area contributed by atoms with Crippen molar-refractivity contribution in [2.24, 2.45) is 10.2 Å². The van der Waals surface area contributed by atoms with Gasteiger partial charge in [-0.25, -0.2) is 4.21 Å². The molecule has 0 aliphatic heterocycles. The van der Waals surface area contributed by atoms with Crippen molar-refractivity contribution in [3.05, 3.63) is 42.5 Å². The molecule has 2 rings (SSSR count). The zero-order valence-electron chi connectivity index (χ0n) is 11.1. The molecule has 21 heavy (non-hydrogen) atoms. The fraction of sp³-hybridized carbons (Fsp3) is 0.0769. The highest BCUT2D eigenvalue weighted by Crippen LogP contribution is 2.28. The van der Waals surface area contributed by atoms with E-state index in [2.05, 4.69) is 14.4 Å². The predicted octanol–water partition coefficient (Wildman–Crippen LogP) is 2.87. The largest absolute Gasteiger partial charge is 0.740 e. The van der Waals surface area contributed by atoms with Gasteiger partial charge in [0.15, 0.2) is 0 Å². The Hall–Kier alpha value is -2.45. The first kappa shape index (κ1) is 14.9. The number of ether oxygens (including phenoxy) is 1. The van der Waals surface area contributed by atoms with Gasteiger partial charge in [0.25, 0.3) is 0 Å². The summed E-state index contributed by atoms with van der Waals surface area (Å²) in [6.07, 6.45) is 0. The zero-order valence-corrected chi connectivity index (χ0v) is 11.9. The third-order valence-corrected chi connectivity index (χ3v) is 2.81. The van der Waals surface area contributed by atoms with Crippen LogP contribution in [0, 0.1) is 0 Å². The average Bonchev–Trinajstić information content (AvgIpc) is 2.46. The number of nitrogen functional groups attached to an aromatic ring is 1. The summed E-state index contributed by atoms with van der Waals surface area (Å²) in [4.78, 5) is 0. The number of azo groups is 1. The Kier molecular flexibility index (Phi) is 4.85. The number of benzene rings is 2. The van der Waals surface area contributed by atoms with E-state index < -0.39 is 11.4 Å². The van der Waals surface area contributed by atoms with Crippen molar-refractivity contribution in [3.8, 4) is 11.5 Å². The molecule has 2 aromatic rings. The van der Waals surface area contributed by atoms with Gasteiger partial charge in [-0.15, -0.1) is 0 Å². The Morgan fingerprint density at radius 2 is 1.86 bits per heavy atom. The summed E-state index contributed by atoms with van der Waals surface area (Å²) in [5.74, 6) is 0.667. The molecule has 110 valence electrons. The normalized spacial score (nSPS) is 12.3. The summed E-state index contributed by atoms with van der Waals surface area (Å²) < 4.78 is 30.5.